The molecule has 1 amide bonds. The molecule has 7 heteroatoms. The first-order valence-electron chi connectivity index (χ1n) is 8.07. The number of carbonyl (C=O) groups is 2. The lowest BCUT2D eigenvalue weighted by Gasteiger charge is -2.01. The minimum atomic E-state index is -0.416. The number of halogens is 1. The number of anilines is 1. The van der Waals surface area contributed by atoms with Crippen molar-refractivity contribution in [3.63, 3.8) is 0 Å². The molecule has 4 rings (SSSR count). The molecule has 0 radical (unpaired) electrons. The van der Waals surface area contributed by atoms with Gasteiger partial charge in [0.25, 0.3) is 5.91 Å². The van der Waals surface area contributed by atoms with Gasteiger partial charge in [0.1, 0.15) is 17.9 Å². The SMILES string of the molecule is Cc1[nH]c(/C=C2\C(=O)Nc3ccc(F)cc32)c(C)c1C(=O)C1=NC=NC1. The Bertz CT molecular complexity index is 1060. The van der Waals surface area contributed by atoms with Crippen LogP contribution in [-0.4, -0.2) is 35.3 Å². The summed E-state index contributed by atoms with van der Waals surface area (Å²) in [5.74, 6) is -0.903. The number of nitrogens with zero attached hydrogens (tertiary/aromatic N) is 2. The molecule has 2 aromatic rings. The molecule has 0 aliphatic carbocycles. The Morgan fingerprint density at radius 1 is 1.31 bits per heavy atom. The van der Waals surface area contributed by atoms with Gasteiger partial charge in [0.2, 0.25) is 5.78 Å². The Morgan fingerprint density at radius 2 is 2.12 bits per heavy atom. The fraction of sp³-hybridized carbons (Fsp3) is 0.158. The molecule has 2 aliphatic rings. The summed E-state index contributed by atoms with van der Waals surface area (Å²) in [4.78, 5) is 36.0. The largest absolute Gasteiger partial charge is 0.358 e. The first kappa shape index (κ1) is 16.1. The van der Waals surface area contributed by atoms with Crippen LogP contribution in [0.15, 0.2) is 28.2 Å². The van der Waals surface area contributed by atoms with Gasteiger partial charge in [0.05, 0.1) is 12.1 Å². The number of H-pyrrole nitrogens is 1. The number of aryl methyl sites for hydroxylation is 1. The summed E-state index contributed by atoms with van der Waals surface area (Å²) in [5, 5.41) is 2.71. The summed E-state index contributed by atoms with van der Waals surface area (Å²) in [6, 6.07) is 4.15. The van der Waals surface area contributed by atoms with Crippen LogP contribution in [0.2, 0.25) is 0 Å². The van der Waals surface area contributed by atoms with Gasteiger partial charge in [-0.1, -0.05) is 0 Å². The van der Waals surface area contributed by atoms with Crippen LogP contribution in [0.3, 0.4) is 0 Å². The van der Waals surface area contributed by atoms with E-state index in [2.05, 4.69) is 20.3 Å². The van der Waals surface area contributed by atoms with E-state index >= 15 is 0 Å². The van der Waals surface area contributed by atoms with E-state index < -0.39 is 5.82 Å². The Balaban J connectivity index is 1.78. The van der Waals surface area contributed by atoms with Crippen molar-refractivity contribution in [2.75, 3.05) is 11.9 Å². The first-order chi connectivity index (χ1) is 12.5. The van der Waals surface area contributed by atoms with E-state index in [9.17, 15) is 14.0 Å². The summed E-state index contributed by atoms with van der Waals surface area (Å²) in [6.07, 6.45) is 3.02. The highest BCUT2D eigenvalue weighted by molar-refractivity contribution is 6.49. The van der Waals surface area contributed by atoms with E-state index in [1.54, 1.807) is 19.9 Å². The average Bonchev–Trinajstić information content (AvgIpc) is 3.29. The van der Waals surface area contributed by atoms with Gasteiger partial charge in [0, 0.05) is 28.2 Å². The Labute approximate surface area is 148 Å². The molecule has 0 bridgehead atoms. The summed E-state index contributed by atoms with van der Waals surface area (Å²) in [7, 11) is 0. The van der Waals surface area contributed by atoms with Gasteiger partial charge in [0.15, 0.2) is 0 Å². The van der Waals surface area contributed by atoms with Gasteiger partial charge < -0.3 is 10.3 Å². The number of Topliss-reactive ketones (excluding diaryl/α,β-unsaturated/α-hetero) is 1. The molecule has 3 heterocycles. The van der Waals surface area contributed by atoms with Crippen LogP contribution in [0, 0.1) is 19.7 Å². The second-order valence-corrected chi connectivity index (χ2v) is 6.23. The second kappa shape index (κ2) is 5.87. The van der Waals surface area contributed by atoms with Crippen molar-refractivity contribution in [3.8, 4) is 0 Å². The molecular formula is C19H15FN4O2. The third kappa shape index (κ3) is 2.48. The predicted octanol–water partition coefficient (Wildman–Crippen LogP) is 2.93. The monoisotopic (exact) mass is 350 g/mol. The lowest BCUT2D eigenvalue weighted by atomic mass is 10.0. The smallest absolute Gasteiger partial charge is 0.256 e. The molecule has 1 aromatic heterocycles. The van der Waals surface area contributed by atoms with Crippen LogP contribution < -0.4 is 5.32 Å². The van der Waals surface area contributed by atoms with Crippen LogP contribution >= 0.6 is 0 Å². The normalized spacial score (nSPS) is 16.8. The minimum absolute atomic E-state index is 0.180. The van der Waals surface area contributed by atoms with E-state index in [4.69, 9.17) is 0 Å². The molecule has 0 atom stereocenters. The van der Waals surface area contributed by atoms with E-state index in [1.807, 2.05) is 0 Å². The van der Waals surface area contributed by atoms with Crippen molar-refractivity contribution in [3.05, 3.63) is 52.1 Å². The number of ketones is 1. The summed E-state index contributed by atoms with van der Waals surface area (Å²) in [6.45, 7) is 3.87. The molecule has 2 aliphatic heterocycles. The van der Waals surface area contributed by atoms with Gasteiger partial charge in [-0.15, -0.1) is 0 Å². The molecule has 0 fully saturated rings. The summed E-state index contributed by atoms with van der Waals surface area (Å²) >= 11 is 0. The lowest BCUT2D eigenvalue weighted by molar-refractivity contribution is -0.110. The number of rotatable bonds is 3. The zero-order valence-electron chi connectivity index (χ0n) is 14.2. The maximum absolute atomic E-state index is 13.6. The number of aromatic amines is 1. The van der Waals surface area contributed by atoms with E-state index in [1.165, 1.54) is 24.5 Å². The summed E-state index contributed by atoms with van der Waals surface area (Å²) in [5.41, 5.74) is 4.37. The van der Waals surface area contributed by atoms with Crippen LogP contribution in [0.25, 0.3) is 11.6 Å². The molecular weight excluding hydrogens is 335 g/mol. The van der Waals surface area contributed by atoms with E-state index in [0.717, 1.165) is 0 Å². The standard InChI is InChI=1S/C19H15FN4O2/c1-9-15(23-10(2)17(9)18(25)16-7-21-8-22-16)6-13-12-5-11(20)3-4-14(12)24-19(13)26/h3-6,8,23H,7H2,1-2H3,(H,24,26)/b13-6-. The molecule has 2 N–H and O–H groups in total. The van der Waals surface area contributed by atoms with Gasteiger partial charge in [-0.05, 0) is 43.7 Å². The maximum Gasteiger partial charge on any atom is 0.256 e. The minimum Gasteiger partial charge on any atom is -0.358 e. The first-order valence-corrected chi connectivity index (χ1v) is 8.07. The maximum atomic E-state index is 13.6. The van der Waals surface area contributed by atoms with Crippen LogP contribution in [0.4, 0.5) is 10.1 Å². The molecule has 1 aromatic carbocycles. The average molecular weight is 350 g/mol. The van der Waals surface area contributed by atoms with Gasteiger partial charge in [-0.3, -0.25) is 14.6 Å². The van der Waals surface area contributed by atoms with E-state index in [0.29, 0.717) is 45.1 Å². The molecule has 130 valence electrons. The highest BCUT2D eigenvalue weighted by Crippen LogP contribution is 2.34. The van der Waals surface area contributed by atoms with Gasteiger partial charge in [-0.25, -0.2) is 9.38 Å². The second-order valence-electron chi connectivity index (χ2n) is 6.23. The predicted molar refractivity (Wildman–Crippen MR) is 98.3 cm³/mol. The number of aliphatic imine (C=N–C) groups is 2. The summed E-state index contributed by atoms with van der Waals surface area (Å²) < 4.78 is 13.6. The van der Waals surface area contributed by atoms with Crippen molar-refractivity contribution in [2.24, 2.45) is 9.98 Å². The Hall–Kier alpha value is -3.35. The topological polar surface area (TPSA) is 86.7 Å². The Kier molecular flexibility index (Phi) is 3.64. The van der Waals surface area contributed by atoms with Gasteiger partial charge >= 0.3 is 0 Å². The van der Waals surface area contributed by atoms with Crippen molar-refractivity contribution < 1.29 is 14.0 Å². The number of fused-ring (bicyclic) bond motifs is 1. The Morgan fingerprint density at radius 3 is 2.85 bits per heavy atom. The molecule has 0 spiro atoms. The van der Waals surface area contributed by atoms with Crippen molar-refractivity contribution in [2.45, 2.75) is 13.8 Å². The number of nitrogens with one attached hydrogen (secondary N) is 2. The number of carbonyl (C=O) groups excluding carboxylic acids is 2. The fourth-order valence-corrected chi connectivity index (χ4v) is 3.26. The molecule has 6 nitrogen and oxygen atoms in total. The van der Waals surface area contributed by atoms with Crippen molar-refractivity contribution in [1.82, 2.24) is 4.98 Å². The van der Waals surface area contributed by atoms with Crippen molar-refractivity contribution in [1.29, 1.82) is 0 Å². The number of hydrogen-bond donors (Lipinski definition) is 2. The lowest BCUT2D eigenvalue weighted by Crippen LogP contribution is -2.16. The third-order valence-electron chi connectivity index (χ3n) is 4.55. The van der Waals surface area contributed by atoms with Crippen LogP contribution in [-0.2, 0) is 4.79 Å². The van der Waals surface area contributed by atoms with Crippen LogP contribution in [0.5, 0.6) is 0 Å². The van der Waals surface area contributed by atoms with Gasteiger partial charge in [-0.2, -0.15) is 0 Å². The zero-order valence-corrected chi connectivity index (χ0v) is 14.2. The van der Waals surface area contributed by atoms with E-state index in [-0.39, 0.29) is 18.2 Å². The molecule has 0 saturated carbocycles. The highest BCUT2D eigenvalue weighted by atomic mass is 19.1. The number of hydrogen-bond acceptors (Lipinski definition) is 4. The fourth-order valence-electron chi connectivity index (χ4n) is 3.26. The number of amides is 1. The van der Waals surface area contributed by atoms with Crippen LogP contribution in [0.1, 0.15) is 32.9 Å². The highest BCUT2D eigenvalue weighted by Gasteiger charge is 2.27. The number of aromatic nitrogens is 1. The quantitative estimate of drug-likeness (QED) is 0.659. The third-order valence-corrected chi connectivity index (χ3v) is 4.55. The van der Waals surface area contributed by atoms with Crippen molar-refractivity contribution >= 4 is 41.1 Å². The molecule has 26 heavy (non-hydrogen) atoms. The molecule has 0 unspecified atom stereocenters. The number of benzene rings is 1. The zero-order chi connectivity index (χ0) is 18.4. The molecule has 0 saturated heterocycles.